The Hall–Kier alpha value is -0.860. The number of likely N-dealkylation sites (N-methyl/N-ethyl adjacent to an activating group) is 1. The third-order valence-corrected chi connectivity index (χ3v) is 5.61. The van der Waals surface area contributed by atoms with Gasteiger partial charge in [0.25, 0.3) is 0 Å². The minimum absolute atomic E-state index is 0.431. The molecule has 1 N–H and O–H groups in total. The Balaban J connectivity index is 2.11. The van der Waals surface area contributed by atoms with Crippen molar-refractivity contribution in [2.45, 2.75) is 59.0 Å². The second-order valence-corrected chi connectivity index (χ2v) is 6.61. The van der Waals surface area contributed by atoms with Gasteiger partial charge in [-0.25, -0.2) is 0 Å². The Bertz CT molecular complexity index is 411. The van der Waals surface area contributed by atoms with Crippen molar-refractivity contribution in [3.63, 3.8) is 0 Å². The molecule has 1 fully saturated rings. The van der Waals surface area contributed by atoms with E-state index >= 15 is 0 Å². The lowest BCUT2D eigenvalue weighted by Crippen LogP contribution is -2.42. The second-order valence-electron chi connectivity index (χ2n) is 6.61. The number of nitrogens with zero attached hydrogens (tertiary/aromatic N) is 1. The van der Waals surface area contributed by atoms with Crippen LogP contribution in [0.25, 0.3) is 0 Å². The maximum Gasteiger partial charge on any atom is 0.0475 e. The maximum atomic E-state index is 3.70. The van der Waals surface area contributed by atoms with E-state index in [2.05, 4.69) is 68.2 Å². The molecular formula is C19H32N2. The van der Waals surface area contributed by atoms with E-state index in [1.54, 1.807) is 0 Å². The molecule has 2 unspecified atom stereocenters. The second kappa shape index (κ2) is 7.42. The molecule has 2 nitrogen and oxygen atoms in total. The molecule has 0 spiro atoms. The fourth-order valence-electron chi connectivity index (χ4n) is 3.80. The van der Waals surface area contributed by atoms with Crippen LogP contribution in [-0.2, 0) is 0 Å². The van der Waals surface area contributed by atoms with E-state index in [0.717, 1.165) is 6.54 Å². The van der Waals surface area contributed by atoms with Crippen LogP contribution in [0, 0.1) is 5.41 Å². The highest BCUT2D eigenvalue weighted by atomic mass is 15.2. The van der Waals surface area contributed by atoms with Crippen LogP contribution in [0.2, 0.25) is 0 Å². The predicted octanol–water partition coefficient (Wildman–Crippen LogP) is 4.24. The first kappa shape index (κ1) is 16.5. The standard InChI is InChI=1S/C19H32N2/c1-5-19(6-2)13-14-21(15-19)16(4)18(20-7-3)17-11-9-8-10-12-17/h8-12,16,18,20H,5-7,13-15H2,1-4H3. The Morgan fingerprint density at radius 2 is 1.81 bits per heavy atom. The molecule has 1 aliphatic rings. The molecule has 1 aromatic rings. The highest BCUT2D eigenvalue weighted by Crippen LogP contribution is 2.39. The van der Waals surface area contributed by atoms with Gasteiger partial charge in [0.2, 0.25) is 0 Å². The molecule has 1 aliphatic heterocycles. The van der Waals surface area contributed by atoms with E-state index in [0.29, 0.717) is 17.5 Å². The van der Waals surface area contributed by atoms with Gasteiger partial charge in [-0.15, -0.1) is 0 Å². The van der Waals surface area contributed by atoms with Crippen LogP contribution >= 0.6 is 0 Å². The minimum atomic E-state index is 0.431. The van der Waals surface area contributed by atoms with Crippen molar-refractivity contribution in [1.29, 1.82) is 0 Å². The van der Waals surface area contributed by atoms with Crippen molar-refractivity contribution in [2.75, 3.05) is 19.6 Å². The van der Waals surface area contributed by atoms with Crippen molar-refractivity contribution in [3.05, 3.63) is 35.9 Å². The maximum absolute atomic E-state index is 3.70. The zero-order valence-corrected chi connectivity index (χ0v) is 14.2. The van der Waals surface area contributed by atoms with Gasteiger partial charge in [-0.05, 0) is 50.3 Å². The van der Waals surface area contributed by atoms with E-state index < -0.39 is 0 Å². The Morgan fingerprint density at radius 3 is 2.33 bits per heavy atom. The van der Waals surface area contributed by atoms with Crippen LogP contribution in [0.5, 0.6) is 0 Å². The van der Waals surface area contributed by atoms with E-state index in [4.69, 9.17) is 0 Å². The third-order valence-electron chi connectivity index (χ3n) is 5.61. The first-order valence-corrected chi connectivity index (χ1v) is 8.68. The summed E-state index contributed by atoms with van der Waals surface area (Å²) in [5.74, 6) is 0. The van der Waals surface area contributed by atoms with Crippen molar-refractivity contribution in [2.24, 2.45) is 5.41 Å². The number of likely N-dealkylation sites (tertiary alicyclic amines) is 1. The summed E-state index contributed by atoms with van der Waals surface area (Å²) in [6.45, 7) is 12.8. The molecule has 0 radical (unpaired) electrons. The molecule has 0 bridgehead atoms. The molecule has 21 heavy (non-hydrogen) atoms. The highest BCUT2D eigenvalue weighted by molar-refractivity contribution is 5.20. The summed E-state index contributed by atoms with van der Waals surface area (Å²) < 4.78 is 0. The summed E-state index contributed by atoms with van der Waals surface area (Å²) in [4.78, 5) is 2.70. The topological polar surface area (TPSA) is 15.3 Å². The molecule has 2 heteroatoms. The number of nitrogens with one attached hydrogen (secondary N) is 1. The fourth-order valence-corrected chi connectivity index (χ4v) is 3.80. The van der Waals surface area contributed by atoms with Gasteiger partial charge in [-0.2, -0.15) is 0 Å². The lowest BCUT2D eigenvalue weighted by atomic mass is 9.82. The van der Waals surface area contributed by atoms with Crippen molar-refractivity contribution in [3.8, 4) is 0 Å². The average Bonchev–Trinajstić information content (AvgIpc) is 2.98. The summed E-state index contributed by atoms with van der Waals surface area (Å²) in [6.07, 6.45) is 3.98. The SMILES string of the molecule is CCNC(c1ccccc1)C(C)N1CCC(CC)(CC)C1. The summed E-state index contributed by atoms with van der Waals surface area (Å²) in [5.41, 5.74) is 1.97. The molecule has 118 valence electrons. The van der Waals surface area contributed by atoms with Crippen LogP contribution in [0.3, 0.4) is 0 Å². The van der Waals surface area contributed by atoms with Gasteiger partial charge in [0.1, 0.15) is 0 Å². The average molecular weight is 288 g/mol. The largest absolute Gasteiger partial charge is 0.309 e. The molecule has 1 saturated heterocycles. The number of hydrogen-bond acceptors (Lipinski definition) is 2. The fraction of sp³-hybridized carbons (Fsp3) is 0.684. The normalized spacial score (nSPS) is 21.3. The van der Waals surface area contributed by atoms with Gasteiger partial charge in [0.15, 0.2) is 0 Å². The van der Waals surface area contributed by atoms with Crippen LogP contribution in [0.4, 0.5) is 0 Å². The quantitative estimate of drug-likeness (QED) is 0.807. The monoisotopic (exact) mass is 288 g/mol. The molecule has 0 aliphatic carbocycles. The minimum Gasteiger partial charge on any atom is -0.309 e. The van der Waals surface area contributed by atoms with Crippen molar-refractivity contribution >= 4 is 0 Å². The van der Waals surface area contributed by atoms with Gasteiger partial charge in [0.05, 0.1) is 0 Å². The van der Waals surface area contributed by atoms with E-state index in [9.17, 15) is 0 Å². The smallest absolute Gasteiger partial charge is 0.0475 e. The molecule has 0 aromatic heterocycles. The van der Waals surface area contributed by atoms with Crippen molar-refractivity contribution in [1.82, 2.24) is 10.2 Å². The third kappa shape index (κ3) is 3.67. The molecule has 0 saturated carbocycles. The first-order chi connectivity index (χ1) is 10.2. The Kier molecular flexibility index (Phi) is 5.83. The number of rotatable bonds is 7. The molecule has 2 atom stereocenters. The number of hydrogen-bond donors (Lipinski definition) is 1. The zero-order valence-electron chi connectivity index (χ0n) is 14.2. The van der Waals surface area contributed by atoms with Crippen LogP contribution in [0.1, 0.15) is 58.6 Å². The zero-order chi connectivity index (χ0) is 15.3. The highest BCUT2D eigenvalue weighted by Gasteiger charge is 2.38. The molecule has 1 heterocycles. The predicted molar refractivity (Wildman–Crippen MR) is 91.5 cm³/mol. The summed E-state index contributed by atoms with van der Waals surface area (Å²) in [7, 11) is 0. The van der Waals surface area contributed by atoms with E-state index in [-0.39, 0.29) is 0 Å². The Morgan fingerprint density at radius 1 is 1.14 bits per heavy atom. The molecule has 1 aromatic carbocycles. The molecular weight excluding hydrogens is 256 g/mol. The van der Waals surface area contributed by atoms with Crippen LogP contribution < -0.4 is 5.32 Å². The number of benzene rings is 1. The summed E-state index contributed by atoms with van der Waals surface area (Å²) in [6, 6.07) is 11.9. The lowest BCUT2D eigenvalue weighted by molar-refractivity contribution is 0.172. The lowest BCUT2D eigenvalue weighted by Gasteiger charge is -2.34. The van der Waals surface area contributed by atoms with Crippen LogP contribution in [-0.4, -0.2) is 30.6 Å². The summed E-state index contributed by atoms with van der Waals surface area (Å²) >= 11 is 0. The molecule has 0 amide bonds. The van der Waals surface area contributed by atoms with E-state index in [1.807, 2.05) is 0 Å². The Labute approximate surface area is 130 Å². The first-order valence-electron chi connectivity index (χ1n) is 8.68. The van der Waals surface area contributed by atoms with Gasteiger partial charge >= 0.3 is 0 Å². The van der Waals surface area contributed by atoms with Gasteiger partial charge < -0.3 is 5.32 Å². The van der Waals surface area contributed by atoms with Crippen molar-refractivity contribution < 1.29 is 0 Å². The van der Waals surface area contributed by atoms with Gasteiger partial charge in [0, 0.05) is 18.6 Å². The summed E-state index contributed by atoms with van der Waals surface area (Å²) in [5, 5.41) is 3.70. The van der Waals surface area contributed by atoms with Gasteiger partial charge in [-0.1, -0.05) is 51.1 Å². The van der Waals surface area contributed by atoms with E-state index in [1.165, 1.54) is 37.9 Å². The van der Waals surface area contributed by atoms with Crippen LogP contribution in [0.15, 0.2) is 30.3 Å². The van der Waals surface area contributed by atoms with Gasteiger partial charge in [-0.3, -0.25) is 4.90 Å². The molecule has 2 rings (SSSR count).